The lowest BCUT2D eigenvalue weighted by molar-refractivity contribution is -0.128. The Labute approximate surface area is 122 Å². The van der Waals surface area contributed by atoms with Gasteiger partial charge < -0.3 is 10.2 Å². The predicted octanol–water partition coefficient (Wildman–Crippen LogP) is 1.46. The molecular formula is C16H29N3O. The number of hydrogen-bond donors (Lipinski definition) is 1. The third-order valence-corrected chi connectivity index (χ3v) is 5.39. The first-order valence-corrected chi connectivity index (χ1v) is 8.57. The van der Waals surface area contributed by atoms with E-state index in [2.05, 4.69) is 15.1 Å². The highest BCUT2D eigenvalue weighted by Crippen LogP contribution is 2.30. The Morgan fingerprint density at radius 1 is 1.05 bits per heavy atom. The highest BCUT2D eigenvalue weighted by atomic mass is 16.2. The Morgan fingerprint density at radius 3 is 2.45 bits per heavy atom. The van der Waals surface area contributed by atoms with Crippen LogP contribution in [0.25, 0.3) is 0 Å². The van der Waals surface area contributed by atoms with E-state index in [1.54, 1.807) is 0 Å². The maximum atomic E-state index is 12.0. The fraction of sp³-hybridized carbons (Fsp3) is 0.938. The van der Waals surface area contributed by atoms with Crippen LogP contribution in [0.4, 0.5) is 0 Å². The number of nitrogens with zero attached hydrogens (tertiary/aromatic N) is 2. The average molecular weight is 279 g/mol. The summed E-state index contributed by atoms with van der Waals surface area (Å²) >= 11 is 0. The zero-order chi connectivity index (χ0) is 13.8. The van der Waals surface area contributed by atoms with E-state index in [0.717, 1.165) is 58.0 Å². The number of carbonyl (C=O) groups is 1. The molecule has 3 fully saturated rings. The van der Waals surface area contributed by atoms with Gasteiger partial charge >= 0.3 is 0 Å². The molecule has 0 radical (unpaired) electrons. The van der Waals surface area contributed by atoms with E-state index in [4.69, 9.17) is 0 Å². The number of likely N-dealkylation sites (tertiary alicyclic amines) is 1. The van der Waals surface area contributed by atoms with Crippen molar-refractivity contribution < 1.29 is 4.79 Å². The van der Waals surface area contributed by atoms with Gasteiger partial charge in [-0.2, -0.15) is 0 Å². The lowest BCUT2D eigenvalue weighted by Crippen LogP contribution is -2.55. The molecule has 0 spiro atoms. The largest absolute Gasteiger partial charge is 0.341 e. The molecule has 1 unspecified atom stereocenters. The quantitative estimate of drug-likeness (QED) is 0.846. The standard InChI is InChI=1S/C16H29N3O/c20-16-7-4-10-19(16)13-15(14-5-2-1-3-6-14)18-11-8-17-9-12-18/h14-15,17H,1-13H2. The summed E-state index contributed by atoms with van der Waals surface area (Å²) in [4.78, 5) is 16.8. The van der Waals surface area contributed by atoms with Gasteiger partial charge in [0.05, 0.1) is 0 Å². The topological polar surface area (TPSA) is 35.6 Å². The molecule has 4 heteroatoms. The van der Waals surface area contributed by atoms with Gasteiger partial charge in [0, 0.05) is 51.7 Å². The van der Waals surface area contributed by atoms with Crippen LogP contribution in [0, 0.1) is 5.92 Å². The third-order valence-electron chi connectivity index (χ3n) is 5.39. The number of piperazine rings is 1. The number of hydrogen-bond acceptors (Lipinski definition) is 3. The normalized spacial score (nSPS) is 28.0. The molecule has 0 aromatic heterocycles. The van der Waals surface area contributed by atoms with E-state index in [-0.39, 0.29) is 0 Å². The van der Waals surface area contributed by atoms with E-state index in [1.807, 2.05) is 0 Å². The van der Waals surface area contributed by atoms with Crippen molar-refractivity contribution in [3.05, 3.63) is 0 Å². The van der Waals surface area contributed by atoms with Crippen molar-refractivity contribution in [1.29, 1.82) is 0 Å². The summed E-state index contributed by atoms with van der Waals surface area (Å²) < 4.78 is 0. The summed E-state index contributed by atoms with van der Waals surface area (Å²) in [5, 5.41) is 3.45. The highest BCUT2D eigenvalue weighted by molar-refractivity contribution is 5.78. The van der Waals surface area contributed by atoms with Crippen LogP contribution in [-0.4, -0.2) is 61.0 Å². The van der Waals surface area contributed by atoms with Gasteiger partial charge in [0.15, 0.2) is 0 Å². The summed E-state index contributed by atoms with van der Waals surface area (Å²) in [5.41, 5.74) is 0. The molecule has 4 nitrogen and oxygen atoms in total. The molecule has 1 saturated carbocycles. The second-order valence-corrected chi connectivity index (χ2v) is 6.69. The summed E-state index contributed by atoms with van der Waals surface area (Å²) in [5.74, 6) is 1.20. The zero-order valence-electron chi connectivity index (χ0n) is 12.6. The van der Waals surface area contributed by atoms with Crippen LogP contribution in [0.2, 0.25) is 0 Å². The van der Waals surface area contributed by atoms with E-state index >= 15 is 0 Å². The molecule has 1 amide bonds. The highest BCUT2D eigenvalue weighted by Gasteiger charge is 2.33. The van der Waals surface area contributed by atoms with Gasteiger partial charge in [-0.3, -0.25) is 9.69 Å². The van der Waals surface area contributed by atoms with Gasteiger partial charge in [0.1, 0.15) is 0 Å². The Kier molecular flexibility index (Phi) is 4.94. The second-order valence-electron chi connectivity index (χ2n) is 6.69. The molecule has 1 N–H and O–H groups in total. The molecule has 0 aromatic carbocycles. The molecule has 1 aliphatic carbocycles. The van der Waals surface area contributed by atoms with Crippen LogP contribution in [0.5, 0.6) is 0 Å². The van der Waals surface area contributed by atoms with Gasteiger partial charge in [-0.15, -0.1) is 0 Å². The Balaban J connectivity index is 1.66. The van der Waals surface area contributed by atoms with Crippen molar-refractivity contribution in [3.8, 4) is 0 Å². The van der Waals surface area contributed by atoms with Crippen molar-refractivity contribution in [2.45, 2.75) is 51.0 Å². The van der Waals surface area contributed by atoms with Crippen LogP contribution >= 0.6 is 0 Å². The van der Waals surface area contributed by atoms with Crippen molar-refractivity contribution in [3.63, 3.8) is 0 Å². The molecule has 2 aliphatic heterocycles. The third kappa shape index (κ3) is 3.34. The number of nitrogens with one attached hydrogen (secondary N) is 1. The van der Waals surface area contributed by atoms with E-state index in [9.17, 15) is 4.79 Å². The van der Waals surface area contributed by atoms with Crippen molar-refractivity contribution in [2.75, 3.05) is 39.3 Å². The van der Waals surface area contributed by atoms with Crippen LogP contribution in [0.1, 0.15) is 44.9 Å². The summed E-state index contributed by atoms with van der Waals surface area (Å²) in [6.45, 7) is 6.51. The molecule has 3 aliphatic rings. The fourth-order valence-electron chi connectivity index (χ4n) is 4.22. The fourth-order valence-corrected chi connectivity index (χ4v) is 4.22. The number of carbonyl (C=O) groups excluding carboxylic acids is 1. The van der Waals surface area contributed by atoms with Gasteiger partial charge in [0.2, 0.25) is 5.91 Å². The van der Waals surface area contributed by atoms with Crippen LogP contribution in [0.15, 0.2) is 0 Å². The Bertz CT molecular complexity index is 304. The lowest BCUT2D eigenvalue weighted by atomic mass is 9.82. The number of rotatable bonds is 4. The van der Waals surface area contributed by atoms with Gasteiger partial charge in [-0.1, -0.05) is 19.3 Å². The minimum atomic E-state index is 0.390. The predicted molar refractivity (Wildman–Crippen MR) is 80.6 cm³/mol. The first-order chi connectivity index (χ1) is 9.84. The second kappa shape index (κ2) is 6.90. The van der Waals surface area contributed by atoms with Crippen LogP contribution in [-0.2, 0) is 4.79 Å². The summed E-state index contributed by atoms with van der Waals surface area (Å²) in [6.07, 6.45) is 8.78. The van der Waals surface area contributed by atoms with Crippen LogP contribution < -0.4 is 5.32 Å². The first-order valence-electron chi connectivity index (χ1n) is 8.57. The van der Waals surface area contributed by atoms with Crippen LogP contribution in [0.3, 0.4) is 0 Å². The molecule has 0 bridgehead atoms. The van der Waals surface area contributed by atoms with Crippen molar-refractivity contribution in [1.82, 2.24) is 15.1 Å². The minimum Gasteiger partial charge on any atom is -0.341 e. The molecule has 3 rings (SSSR count). The van der Waals surface area contributed by atoms with Gasteiger partial charge in [-0.05, 0) is 25.2 Å². The van der Waals surface area contributed by atoms with Gasteiger partial charge in [-0.25, -0.2) is 0 Å². The summed E-state index contributed by atoms with van der Waals surface area (Å²) in [6, 6.07) is 0.611. The van der Waals surface area contributed by atoms with E-state index in [1.165, 1.54) is 32.1 Å². The van der Waals surface area contributed by atoms with E-state index in [0.29, 0.717) is 11.9 Å². The molecule has 114 valence electrons. The van der Waals surface area contributed by atoms with Crippen molar-refractivity contribution >= 4 is 5.91 Å². The Morgan fingerprint density at radius 2 is 1.80 bits per heavy atom. The minimum absolute atomic E-state index is 0.390. The van der Waals surface area contributed by atoms with Gasteiger partial charge in [0.25, 0.3) is 0 Å². The lowest BCUT2D eigenvalue weighted by Gasteiger charge is -2.42. The van der Waals surface area contributed by atoms with E-state index < -0.39 is 0 Å². The molecule has 2 heterocycles. The smallest absolute Gasteiger partial charge is 0.222 e. The Hall–Kier alpha value is -0.610. The first kappa shape index (κ1) is 14.3. The average Bonchev–Trinajstić information content (AvgIpc) is 2.92. The van der Waals surface area contributed by atoms with Crippen molar-refractivity contribution in [2.24, 2.45) is 5.92 Å². The maximum absolute atomic E-state index is 12.0. The molecule has 1 atom stereocenters. The zero-order valence-corrected chi connectivity index (χ0v) is 12.6. The summed E-state index contributed by atoms with van der Waals surface area (Å²) in [7, 11) is 0. The maximum Gasteiger partial charge on any atom is 0.222 e. The molecule has 2 saturated heterocycles. The molecule has 0 aromatic rings. The SMILES string of the molecule is O=C1CCCN1CC(C1CCCCC1)N1CCNCC1. The number of amides is 1. The molecule has 20 heavy (non-hydrogen) atoms. The molecular weight excluding hydrogens is 250 g/mol. The monoisotopic (exact) mass is 279 g/mol.